The fourth-order valence-electron chi connectivity index (χ4n) is 3.02. The van der Waals surface area contributed by atoms with Gasteiger partial charge in [0.1, 0.15) is 12.1 Å². The lowest BCUT2D eigenvalue weighted by molar-refractivity contribution is -0.107. The second-order valence-corrected chi connectivity index (χ2v) is 7.13. The zero-order valence-corrected chi connectivity index (χ0v) is 14.3. The number of fused-ring (bicyclic) bond motifs is 1. The summed E-state index contributed by atoms with van der Waals surface area (Å²) in [5.74, 6) is -0.305. The van der Waals surface area contributed by atoms with E-state index in [2.05, 4.69) is 0 Å². The van der Waals surface area contributed by atoms with Crippen LogP contribution in [0, 0.1) is 5.82 Å². The molecule has 0 heterocycles. The van der Waals surface area contributed by atoms with Crippen LogP contribution in [0.25, 0.3) is 17.2 Å². The van der Waals surface area contributed by atoms with Gasteiger partial charge < -0.3 is 4.79 Å². The van der Waals surface area contributed by atoms with Crippen LogP contribution >= 0.6 is 0 Å². The predicted molar refractivity (Wildman–Crippen MR) is 96.3 cm³/mol. The van der Waals surface area contributed by atoms with Crippen molar-refractivity contribution in [3.05, 3.63) is 70.5 Å². The molecular formula is C20H17FO2S. The molecule has 4 heteroatoms. The summed E-state index contributed by atoms with van der Waals surface area (Å²) >= 11 is 0. The van der Waals surface area contributed by atoms with E-state index in [9.17, 15) is 13.4 Å². The van der Waals surface area contributed by atoms with E-state index in [0.29, 0.717) is 0 Å². The van der Waals surface area contributed by atoms with Crippen molar-refractivity contribution in [1.29, 1.82) is 0 Å². The summed E-state index contributed by atoms with van der Waals surface area (Å²) in [6.07, 6.45) is 4.79. The Labute approximate surface area is 143 Å². The molecule has 0 saturated carbocycles. The van der Waals surface area contributed by atoms with Gasteiger partial charge in [-0.15, -0.1) is 0 Å². The summed E-state index contributed by atoms with van der Waals surface area (Å²) in [5.41, 5.74) is 5.56. The molecule has 2 aromatic carbocycles. The first-order valence-corrected chi connectivity index (χ1v) is 9.16. The Morgan fingerprint density at radius 2 is 1.79 bits per heavy atom. The Bertz CT molecular complexity index is 892. The maximum atomic E-state index is 13.6. The summed E-state index contributed by atoms with van der Waals surface area (Å²) in [5, 5.41) is 0. The number of benzene rings is 2. The van der Waals surface area contributed by atoms with Gasteiger partial charge in [-0.1, -0.05) is 18.2 Å². The Balaban J connectivity index is 2.10. The number of allylic oxidation sites excluding steroid dienone is 3. The van der Waals surface area contributed by atoms with E-state index in [1.807, 2.05) is 37.3 Å². The molecule has 3 rings (SSSR count). The molecule has 1 aliphatic rings. The van der Waals surface area contributed by atoms with Gasteiger partial charge in [-0.2, -0.15) is 0 Å². The normalized spacial score (nSPS) is 16.4. The minimum absolute atomic E-state index is 0.271. The monoisotopic (exact) mass is 340 g/mol. The smallest absolute Gasteiger partial charge is 0.124 e. The molecule has 0 aromatic heterocycles. The van der Waals surface area contributed by atoms with E-state index in [1.165, 1.54) is 12.1 Å². The number of aldehydes is 1. The molecule has 0 radical (unpaired) electrons. The molecule has 122 valence electrons. The number of rotatable bonds is 4. The Kier molecular flexibility index (Phi) is 4.58. The van der Waals surface area contributed by atoms with E-state index >= 15 is 0 Å². The van der Waals surface area contributed by atoms with Crippen molar-refractivity contribution in [2.45, 2.75) is 18.2 Å². The van der Waals surface area contributed by atoms with Crippen molar-refractivity contribution in [2.75, 3.05) is 6.26 Å². The molecule has 1 unspecified atom stereocenters. The van der Waals surface area contributed by atoms with Gasteiger partial charge in [0.25, 0.3) is 0 Å². The van der Waals surface area contributed by atoms with Crippen LogP contribution < -0.4 is 0 Å². The van der Waals surface area contributed by atoms with Gasteiger partial charge >= 0.3 is 0 Å². The third-order valence-corrected chi connectivity index (χ3v) is 5.20. The van der Waals surface area contributed by atoms with Crippen LogP contribution in [-0.2, 0) is 15.6 Å². The lowest BCUT2D eigenvalue weighted by atomic mass is 10.0. The van der Waals surface area contributed by atoms with Crippen molar-refractivity contribution < 1.29 is 13.4 Å². The van der Waals surface area contributed by atoms with Crippen LogP contribution in [0.15, 0.2) is 52.9 Å². The lowest BCUT2D eigenvalue weighted by Gasteiger charge is -2.05. The first kappa shape index (κ1) is 16.5. The first-order valence-electron chi connectivity index (χ1n) is 7.60. The molecule has 24 heavy (non-hydrogen) atoms. The second-order valence-electron chi connectivity index (χ2n) is 5.75. The molecule has 0 amide bonds. The SMILES string of the molecule is CC1=C(CC=O)c2cc(F)ccc2/C1=C\c1ccc(S(C)=O)cc1. The van der Waals surface area contributed by atoms with Crippen molar-refractivity contribution in [2.24, 2.45) is 0 Å². The molecule has 2 nitrogen and oxygen atoms in total. The van der Waals surface area contributed by atoms with E-state index < -0.39 is 10.8 Å². The van der Waals surface area contributed by atoms with Crippen LogP contribution in [0.5, 0.6) is 0 Å². The third kappa shape index (κ3) is 3.02. The number of halogens is 1. The highest BCUT2D eigenvalue weighted by Crippen LogP contribution is 2.43. The third-order valence-electron chi connectivity index (χ3n) is 4.26. The summed E-state index contributed by atoms with van der Waals surface area (Å²) < 4.78 is 25.1. The summed E-state index contributed by atoms with van der Waals surface area (Å²) in [6, 6.07) is 12.2. The molecule has 1 atom stereocenters. The van der Waals surface area contributed by atoms with E-state index in [0.717, 1.165) is 44.6 Å². The predicted octanol–water partition coefficient (Wildman–Crippen LogP) is 4.48. The molecule has 0 saturated heterocycles. The summed E-state index contributed by atoms with van der Waals surface area (Å²) in [7, 11) is -1.01. The Morgan fingerprint density at radius 1 is 1.08 bits per heavy atom. The Morgan fingerprint density at radius 3 is 2.42 bits per heavy atom. The molecule has 2 aromatic rings. The fraction of sp³-hybridized carbons (Fsp3) is 0.150. The van der Waals surface area contributed by atoms with Gasteiger partial charge in [0.05, 0.1) is 0 Å². The molecule has 0 N–H and O–H groups in total. The van der Waals surface area contributed by atoms with Crippen molar-refractivity contribution in [3.63, 3.8) is 0 Å². The first-order chi connectivity index (χ1) is 11.5. The van der Waals surface area contributed by atoms with Crippen LogP contribution in [-0.4, -0.2) is 16.8 Å². The van der Waals surface area contributed by atoms with Gasteiger partial charge in [-0.05, 0) is 70.7 Å². The lowest BCUT2D eigenvalue weighted by Crippen LogP contribution is -1.88. The van der Waals surface area contributed by atoms with E-state index in [1.54, 1.807) is 12.3 Å². The molecular weight excluding hydrogens is 323 g/mol. The molecule has 0 fully saturated rings. The maximum Gasteiger partial charge on any atom is 0.124 e. The summed E-state index contributed by atoms with van der Waals surface area (Å²) in [6.45, 7) is 1.96. The number of carbonyl (C=O) groups is 1. The van der Waals surface area contributed by atoms with Gasteiger partial charge in [0, 0.05) is 28.4 Å². The van der Waals surface area contributed by atoms with Crippen LogP contribution in [0.1, 0.15) is 30.0 Å². The minimum atomic E-state index is -1.01. The molecule has 1 aliphatic carbocycles. The average Bonchev–Trinajstić information content (AvgIpc) is 2.81. The molecule has 0 aliphatic heterocycles. The largest absolute Gasteiger partial charge is 0.303 e. The standard InChI is InChI=1S/C20H17FO2S/c1-13-17(9-10-22)20-12-15(21)5-8-18(20)19(13)11-14-3-6-16(7-4-14)24(2)23/h3-8,10-12H,9H2,1-2H3/b19-11-. The van der Waals surface area contributed by atoms with Crippen molar-refractivity contribution in [3.8, 4) is 0 Å². The van der Waals surface area contributed by atoms with Gasteiger partial charge in [0.15, 0.2) is 0 Å². The van der Waals surface area contributed by atoms with E-state index in [4.69, 9.17) is 0 Å². The quantitative estimate of drug-likeness (QED) is 0.769. The fourth-order valence-corrected chi connectivity index (χ4v) is 3.54. The average molecular weight is 340 g/mol. The Hall–Kier alpha value is -2.33. The number of carbonyl (C=O) groups excluding carboxylic acids is 1. The van der Waals surface area contributed by atoms with Crippen molar-refractivity contribution >= 4 is 34.3 Å². The van der Waals surface area contributed by atoms with E-state index in [-0.39, 0.29) is 12.2 Å². The highest BCUT2D eigenvalue weighted by molar-refractivity contribution is 7.84. The minimum Gasteiger partial charge on any atom is -0.303 e. The van der Waals surface area contributed by atoms with Gasteiger partial charge in [-0.25, -0.2) is 4.39 Å². The van der Waals surface area contributed by atoms with Crippen LogP contribution in [0.3, 0.4) is 0 Å². The van der Waals surface area contributed by atoms with Crippen molar-refractivity contribution in [1.82, 2.24) is 0 Å². The highest BCUT2D eigenvalue weighted by Gasteiger charge is 2.23. The number of hydrogen-bond donors (Lipinski definition) is 0. The van der Waals surface area contributed by atoms with Crippen LogP contribution in [0.4, 0.5) is 4.39 Å². The zero-order valence-electron chi connectivity index (χ0n) is 13.5. The van der Waals surface area contributed by atoms with Gasteiger partial charge in [-0.3, -0.25) is 4.21 Å². The van der Waals surface area contributed by atoms with Crippen LogP contribution in [0.2, 0.25) is 0 Å². The summed E-state index contributed by atoms with van der Waals surface area (Å²) in [4.78, 5) is 11.8. The molecule has 0 bridgehead atoms. The highest BCUT2D eigenvalue weighted by atomic mass is 32.2. The van der Waals surface area contributed by atoms with Gasteiger partial charge in [0.2, 0.25) is 0 Å². The zero-order chi connectivity index (χ0) is 17.3. The maximum absolute atomic E-state index is 13.6. The topological polar surface area (TPSA) is 34.1 Å². The second kappa shape index (κ2) is 6.65. The molecule has 0 spiro atoms. The number of hydrogen-bond acceptors (Lipinski definition) is 2.